The van der Waals surface area contributed by atoms with Gasteiger partial charge in [-0.1, -0.05) is 223 Å². The second kappa shape index (κ2) is 22.5. The lowest BCUT2D eigenvalue weighted by Gasteiger charge is -2.46. The molecule has 0 aromatic heterocycles. The average Bonchev–Trinajstić information content (AvgIpc) is 3.66. The van der Waals surface area contributed by atoms with Crippen LogP contribution in [0.15, 0.2) is 222 Å². The minimum Gasteiger partial charge on any atom is -0.0636 e. The van der Waals surface area contributed by atoms with Crippen LogP contribution in [0.1, 0.15) is 128 Å². The number of allylic oxidation sites excluding steroid dienone is 4. The second-order valence-electron chi connectivity index (χ2n) is 22.3. The lowest BCUT2D eigenvalue weighted by Crippen LogP contribution is -2.74. The molecular formula is C75H76Si. The van der Waals surface area contributed by atoms with Crippen molar-refractivity contribution in [1.29, 1.82) is 0 Å². The van der Waals surface area contributed by atoms with Crippen LogP contribution in [0, 0.1) is 47.5 Å². The van der Waals surface area contributed by atoms with Crippen LogP contribution in [-0.2, 0) is 38.5 Å². The Labute approximate surface area is 457 Å². The van der Waals surface area contributed by atoms with Gasteiger partial charge in [-0.25, -0.2) is 0 Å². The maximum atomic E-state index is 2.66. The van der Waals surface area contributed by atoms with E-state index >= 15 is 0 Å². The summed E-state index contributed by atoms with van der Waals surface area (Å²) < 4.78 is 0. The third-order valence-electron chi connectivity index (χ3n) is 17.6. The van der Waals surface area contributed by atoms with Crippen LogP contribution in [0.2, 0.25) is 0 Å². The van der Waals surface area contributed by atoms with E-state index in [1.165, 1.54) is 117 Å². The van der Waals surface area contributed by atoms with Crippen molar-refractivity contribution in [3.63, 3.8) is 0 Å². The Kier molecular flexibility index (Phi) is 15.4. The zero-order valence-corrected chi connectivity index (χ0v) is 47.9. The van der Waals surface area contributed by atoms with Crippen molar-refractivity contribution in [2.75, 3.05) is 0 Å². The van der Waals surface area contributed by atoms with Crippen molar-refractivity contribution in [2.24, 2.45) is 5.92 Å². The highest BCUT2D eigenvalue weighted by atomic mass is 28.3. The first-order valence-corrected chi connectivity index (χ1v) is 29.8. The van der Waals surface area contributed by atoms with E-state index in [2.05, 4.69) is 269 Å². The summed E-state index contributed by atoms with van der Waals surface area (Å²) in [6, 6.07) is 75.9. The van der Waals surface area contributed by atoms with Crippen molar-refractivity contribution >= 4 is 23.6 Å². The number of benzene rings is 9. The Morgan fingerprint density at radius 3 is 0.763 bits per heavy atom. The zero-order chi connectivity index (χ0) is 53.1. The molecule has 0 heterocycles. The van der Waals surface area contributed by atoms with Gasteiger partial charge >= 0.3 is 0 Å². The number of hydrogen-bond donors (Lipinski definition) is 0. The molecule has 0 amide bonds. The predicted octanol–water partition coefficient (Wildman–Crippen LogP) is 16.4. The molecule has 0 aliphatic heterocycles. The van der Waals surface area contributed by atoms with E-state index in [-0.39, 0.29) is 5.92 Å². The van der Waals surface area contributed by atoms with E-state index in [1.54, 1.807) is 20.8 Å². The minimum absolute atomic E-state index is 0.209. The third kappa shape index (κ3) is 10.1. The molecule has 0 nitrogen and oxygen atoms in total. The maximum Gasteiger partial charge on any atom is 0.178 e. The van der Waals surface area contributed by atoms with Gasteiger partial charge in [0.25, 0.3) is 0 Å². The highest BCUT2D eigenvalue weighted by molar-refractivity contribution is 7.17. The molecule has 9 aromatic rings. The van der Waals surface area contributed by atoms with Gasteiger partial charge in [0, 0.05) is 0 Å². The van der Waals surface area contributed by atoms with Crippen molar-refractivity contribution in [3.8, 4) is 0 Å². The Morgan fingerprint density at radius 1 is 0.303 bits per heavy atom. The minimum atomic E-state index is -3.61. The molecule has 1 heteroatoms. The van der Waals surface area contributed by atoms with Crippen LogP contribution in [0.25, 0.3) is 0 Å². The Hall–Kier alpha value is -7.32. The molecule has 0 fully saturated rings. The summed E-state index contributed by atoms with van der Waals surface area (Å²) >= 11 is 0. The van der Waals surface area contributed by atoms with Gasteiger partial charge in [-0.05, 0) is 228 Å². The monoisotopic (exact) mass is 1000 g/mol. The molecule has 0 radical (unpaired) electrons. The molecule has 0 saturated carbocycles. The van der Waals surface area contributed by atoms with E-state index in [9.17, 15) is 0 Å². The van der Waals surface area contributed by atoms with Crippen molar-refractivity contribution in [1.82, 2.24) is 0 Å². The van der Waals surface area contributed by atoms with Gasteiger partial charge in [0.2, 0.25) is 0 Å². The average molecular weight is 1010 g/mol. The van der Waals surface area contributed by atoms with Crippen molar-refractivity contribution in [2.45, 2.75) is 108 Å². The molecule has 0 N–H and O–H groups in total. The van der Waals surface area contributed by atoms with Crippen molar-refractivity contribution < 1.29 is 0 Å². The molecule has 1 aliphatic rings. The first-order chi connectivity index (χ1) is 36.8. The van der Waals surface area contributed by atoms with E-state index in [1.807, 2.05) is 0 Å². The summed E-state index contributed by atoms with van der Waals surface area (Å²) in [6.07, 6.45) is 5.15. The topological polar surface area (TPSA) is 0 Å². The normalized spacial score (nSPS) is 13.7. The molecular weight excluding hydrogens is 929 g/mol. The van der Waals surface area contributed by atoms with Gasteiger partial charge in [0.15, 0.2) is 8.07 Å². The molecule has 0 saturated heterocycles. The fraction of sp³-hybridized carbons (Fsp3) is 0.227. The van der Waals surface area contributed by atoms with Gasteiger partial charge in [-0.15, -0.1) is 0 Å². The fourth-order valence-electron chi connectivity index (χ4n) is 13.7. The second-order valence-corrected chi connectivity index (χ2v) is 25.8. The van der Waals surface area contributed by atoms with E-state index in [0.29, 0.717) is 0 Å². The van der Waals surface area contributed by atoms with Gasteiger partial charge in [-0.3, -0.25) is 0 Å². The van der Waals surface area contributed by atoms with Crippen molar-refractivity contribution in [3.05, 3.63) is 322 Å². The first-order valence-electron chi connectivity index (χ1n) is 27.8. The molecule has 9 aromatic carbocycles. The standard InChI is InChI=1S/C75H76Si/c1-50-41-66(44-60-29-17-11-18-30-60)73(57(8)69(50)47-63-35-23-14-24-36-63)76(72-55(6)53(4)54(5)56(72)7,74-58(9)70(48-64-37-25-15-26-38-64)51(2)42-67(74)45-61-31-19-12-20-32-61)75-59(10)71(49-65-39-27-16-28-40-65)52(3)43-68(75)46-62-33-21-13-22-34-62/h11-43,55H,44-49H2,1-10H3. The molecule has 10 rings (SSSR count). The quantitative estimate of drug-likeness (QED) is 0.0668. The van der Waals surface area contributed by atoms with Crippen LogP contribution in [-0.4, -0.2) is 8.07 Å². The van der Waals surface area contributed by atoms with Gasteiger partial charge in [0.05, 0.1) is 0 Å². The molecule has 1 unspecified atom stereocenters. The summed E-state index contributed by atoms with van der Waals surface area (Å²) in [4.78, 5) is 0. The lowest BCUT2D eigenvalue weighted by atomic mass is 9.91. The van der Waals surface area contributed by atoms with E-state index < -0.39 is 8.07 Å². The molecule has 380 valence electrons. The molecule has 1 atom stereocenters. The first kappa shape index (κ1) is 52.1. The van der Waals surface area contributed by atoms with Crippen LogP contribution in [0.3, 0.4) is 0 Å². The Bertz CT molecular complexity index is 3240. The summed E-state index contributed by atoms with van der Waals surface area (Å²) in [5, 5.41) is 6.44. The summed E-state index contributed by atoms with van der Waals surface area (Å²) in [6.45, 7) is 24.8. The zero-order valence-electron chi connectivity index (χ0n) is 46.9. The SMILES string of the molecule is CC1=C(C)C(C)C([Si](c2c(Cc3ccccc3)cc(C)c(Cc3ccccc3)c2C)(c2c(Cc3ccccc3)cc(C)c(Cc3ccccc3)c2C)c2c(Cc3ccccc3)cc(C)c(Cc3ccccc3)c2C)=C1C. The van der Waals surface area contributed by atoms with Crippen LogP contribution < -0.4 is 15.6 Å². The Morgan fingerprint density at radius 2 is 0.539 bits per heavy atom. The fourth-order valence-corrected chi connectivity index (χ4v) is 21.0. The highest BCUT2D eigenvalue weighted by Crippen LogP contribution is 2.45. The maximum absolute atomic E-state index is 3.61. The van der Waals surface area contributed by atoms with Crippen LogP contribution >= 0.6 is 0 Å². The molecule has 0 bridgehead atoms. The van der Waals surface area contributed by atoms with Crippen LogP contribution in [0.4, 0.5) is 0 Å². The van der Waals surface area contributed by atoms with Gasteiger partial charge in [0.1, 0.15) is 0 Å². The van der Waals surface area contributed by atoms with E-state index in [4.69, 9.17) is 0 Å². The predicted molar refractivity (Wildman–Crippen MR) is 328 cm³/mol. The molecule has 1 aliphatic carbocycles. The summed E-state index contributed by atoms with van der Waals surface area (Å²) in [5.41, 5.74) is 29.8. The van der Waals surface area contributed by atoms with Gasteiger partial charge in [-0.2, -0.15) is 0 Å². The number of aryl methyl sites for hydroxylation is 3. The smallest absolute Gasteiger partial charge is 0.0636 e. The summed E-state index contributed by atoms with van der Waals surface area (Å²) in [7, 11) is -3.61. The summed E-state index contributed by atoms with van der Waals surface area (Å²) in [5.74, 6) is 0.209. The molecule has 0 spiro atoms. The number of rotatable bonds is 16. The van der Waals surface area contributed by atoms with Crippen LogP contribution in [0.5, 0.6) is 0 Å². The van der Waals surface area contributed by atoms with Gasteiger partial charge < -0.3 is 0 Å². The molecule has 76 heavy (non-hydrogen) atoms. The lowest BCUT2D eigenvalue weighted by molar-refractivity contribution is 0.850. The third-order valence-corrected chi connectivity index (χ3v) is 23.6. The largest absolute Gasteiger partial charge is 0.178 e. The highest BCUT2D eigenvalue weighted by Gasteiger charge is 2.54. The number of hydrogen-bond acceptors (Lipinski definition) is 0. The Balaban J connectivity index is 1.49. The van der Waals surface area contributed by atoms with E-state index in [0.717, 1.165) is 38.5 Å².